The van der Waals surface area contributed by atoms with Crippen LogP contribution in [0.5, 0.6) is 0 Å². The highest BCUT2D eigenvalue weighted by atomic mass is 19.4. The summed E-state index contributed by atoms with van der Waals surface area (Å²) in [4.78, 5) is 17.0. The van der Waals surface area contributed by atoms with E-state index in [4.69, 9.17) is 0 Å². The third-order valence-electron chi connectivity index (χ3n) is 3.18. The second kappa shape index (κ2) is 5.16. The van der Waals surface area contributed by atoms with E-state index in [0.29, 0.717) is 13.1 Å². The van der Waals surface area contributed by atoms with E-state index in [0.717, 1.165) is 18.7 Å². The Balaban J connectivity index is 2.08. The maximum absolute atomic E-state index is 12.4. The molecule has 1 amide bonds. The van der Waals surface area contributed by atoms with Crippen molar-refractivity contribution < 1.29 is 18.0 Å². The molecule has 4 nitrogen and oxygen atoms in total. The third-order valence-corrected chi connectivity index (χ3v) is 3.18. The Hall–Kier alpha value is -1.63. The van der Waals surface area contributed by atoms with Crippen molar-refractivity contribution in [1.29, 1.82) is 0 Å². The number of hydrogen-bond acceptors (Lipinski definition) is 3. The summed E-state index contributed by atoms with van der Waals surface area (Å²) >= 11 is 0. The first-order valence-electron chi connectivity index (χ1n) is 5.91. The lowest BCUT2D eigenvalue weighted by atomic mass is 10.2. The fraction of sp³-hybridized carbons (Fsp3) is 0.500. The molecule has 1 aliphatic heterocycles. The van der Waals surface area contributed by atoms with Gasteiger partial charge in [-0.15, -0.1) is 0 Å². The van der Waals surface area contributed by atoms with Crippen LogP contribution in [0.4, 0.5) is 13.2 Å². The summed E-state index contributed by atoms with van der Waals surface area (Å²) in [5.74, 6) is -0.279. The molecule has 1 N–H and O–H groups in total. The van der Waals surface area contributed by atoms with Gasteiger partial charge in [-0.05, 0) is 25.6 Å². The smallest absolute Gasteiger partial charge is 0.337 e. The molecule has 7 heteroatoms. The molecule has 0 aliphatic carbocycles. The van der Waals surface area contributed by atoms with E-state index in [1.807, 2.05) is 7.05 Å². The molecule has 0 spiro atoms. The molecule has 0 radical (unpaired) electrons. The van der Waals surface area contributed by atoms with Gasteiger partial charge >= 0.3 is 6.18 Å². The number of likely N-dealkylation sites (tertiary alicyclic amines) is 1. The molecule has 1 aromatic heterocycles. The van der Waals surface area contributed by atoms with E-state index in [9.17, 15) is 18.0 Å². The number of rotatable bonds is 2. The maximum Gasteiger partial charge on any atom is 0.433 e. The van der Waals surface area contributed by atoms with Gasteiger partial charge in [0.1, 0.15) is 5.69 Å². The minimum Gasteiger partial charge on any atom is -0.337 e. The quantitative estimate of drug-likeness (QED) is 0.889. The number of carbonyl (C=O) groups is 1. The second-order valence-electron chi connectivity index (χ2n) is 4.46. The first-order valence-corrected chi connectivity index (χ1v) is 5.91. The Morgan fingerprint density at radius 3 is 2.68 bits per heavy atom. The molecule has 1 unspecified atom stereocenters. The predicted octanol–water partition coefficient (Wildman–Crippen LogP) is 1.53. The summed E-state index contributed by atoms with van der Waals surface area (Å²) in [7, 11) is 1.82. The third kappa shape index (κ3) is 3.04. The van der Waals surface area contributed by atoms with E-state index in [1.165, 1.54) is 6.07 Å². The van der Waals surface area contributed by atoms with Gasteiger partial charge in [-0.3, -0.25) is 9.78 Å². The van der Waals surface area contributed by atoms with Crippen LogP contribution in [0.1, 0.15) is 22.5 Å². The zero-order valence-corrected chi connectivity index (χ0v) is 10.4. The lowest BCUT2D eigenvalue weighted by Crippen LogP contribution is -2.33. The van der Waals surface area contributed by atoms with Crippen molar-refractivity contribution in [3.63, 3.8) is 0 Å². The fourth-order valence-corrected chi connectivity index (χ4v) is 2.05. The Kier molecular flexibility index (Phi) is 3.75. The SMILES string of the molecule is CNC1CCN(C(=O)c2ccc(C(F)(F)F)nc2)C1. The first-order chi connectivity index (χ1) is 8.91. The zero-order chi connectivity index (χ0) is 14.0. The van der Waals surface area contributed by atoms with Gasteiger partial charge in [0.2, 0.25) is 0 Å². The van der Waals surface area contributed by atoms with Crippen molar-refractivity contribution in [2.45, 2.75) is 18.6 Å². The number of aromatic nitrogens is 1. The van der Waals surface area contributed by atoms with E-state index in [1.54, 1.807) is 4.90 Å². The second-order valence-corrected chi connectivity index (χ2v) is 4.46. The van der Waals surface area contributed by atoms with Crippen molar-refractivity contribution in [3.05, 3.63) is 29.6 Å². The highest BCUT2D eigenvalue weighted by Gasteiger charge is 2.33. The topological polar surface area (TPSA) is 45.2 Å². The molecule has 2 heterocycles. The number of halogens is 3. The van der Waals surface area contributed by atoms with Gasteiger partial charge < -0.3 is 10.2 Å². The van der Waals surface area contributed by atoms with Crippen molar-refractivity contribution in [2.24, 2.45) is 0 Å². The monoisotopic (exact) mass is 273 g/mol. The number of hydrogen-bond donors (Lipinski definition) is 1. The summed E-state index contributed by atoms with van der Waals surface area (Å²) in [6.07, 6.45) is -2.65. The lowest BCUT2D eigenvalue weighted by Gasteiger charge is -2.16. The van der Waals surface area contributed by atoms with Gasteiger partial charge in [0.25, 0.3) is 5.91 Å². The van der Waals surface area contributed by atoms with Crippen LogP contribution < -0.4 is 5.32 Å². The predicted molar refractivity (Wildman–Crippen MR) is 62.6 cm³/mol. The summed E-state index contributed by atoms with van der Waals surface area (Å²) in [6, 6.07) is 2.25. The molecule has 0 aromatic carbocycles. The minimum atomic E-state index is -4.48. The van der Waals surface area contributed by atoms with Crippen LogP contribution in [0.2, 0.25) is 0 Å². The number of likely N-dealkylation sites (N-methyl/N-ethyl adjacent to an activating group) is 1. The average Bonchev–Trinajstić information content (AvgIpc) is 2.86. The Morgan fingerprint density at radius 2 is 2.21 bits per heavy atom. The molecule has 0 saturated carbocycles. The number of nitrogens with zero attached hydrogens (tertiary/aromatic N) is 2. The van der Waals surface area contributed by atoms with Gasteiger partial charge in [-0.2, -0.15) is 13.2 Å². The van der Waals surface area contributed by atoms with Gasteiger partial charge in [-0.1, -0.05) is 0 Å². The number of amides is 1. The molecule has 0 bridgehead atoms. The van der Waals surface area contributed by atoms with E-state index < -0.39 is 11.9 Å². The molecule has 1 aromatic rings. The van der Waals surface area contributed by atoms with Crippen molar-refractivity contribution in [2.75, 3.05) is 20.1 Å². The van der Waals surface area contributed by atoms with Crippen LogP contribution in [0.3, 0.4) is 0 Å². The van der Waals surface area contributed by atoms with Gasteiger partial charge in [0, 0.05) is 25.3 Å². The molecule has 1 saturated heterocycles. The Bertz CT molecular complexity index is 458. The van der Waals surface area contributed by atoms with Gasteiger partial charge in [0.15, 0.2) is 0 Å². The number of pyridine rings is 1. The van der Waals surface area contributed by atoms with Gasteiger partial charge in [0.05, 0.1) is 5.56 Å². The van der Waals surface area contributed by atoms with Crippen LogP contribution >= 0.6 is 0 Å². The van der Waals surface area contributed by atoms with Crippen molar-refractivity contribution in [3.8, 4) is 0 Å². The molecular formula is C12H14F3N3O. The highest BCUT2D eigenvalue weighted by molar-refractivity contribution is 5.94. The minimum absolute atomic E-state index is 0.185. The summed E-state index contributed by atoms with van der Waals surface area (Å²) in [5.41, 5.74) is -0.802. The van der Waals surface area contributed by atoms with Crippen LogP contribution in [0.25, 0.3) is 0 Å². The fourth-order valence-electron chi connectivity index (χ4n) is 2.05. The zero-order valence-electron chi connectivity index (χ0n) is 10.4. The molecule has 1 atom stereocenters. The van der Waals surface area contributed by atoms with E-state index in [2.05, 4.69) is 10.3 Å². The number of carbonyl (C=O) groups excluding carboxylic acids is 1. The van der Waals surface area contributed by atoms with Crippen molar-refractivity contribution >= 4 is 5.91 Å². The Morgan fingerprint density at radius 1 is 1.47 bits per heavy atom. The molecule has 1 aliphatic rings. The number of nitrogens with one attached hydrogen (secondary N) is 1. The lowest BCUT2D eigenvalue weighted by molar-refractivity contribution is -0.141. The number of alkyl halides is 3. The molecule has 104 valence electrons. The van der Waals surface area contributed by atoms with E-state index >= 15 is 0 Å². The van der Waals surface area contributed by atoms with Gasteiger partial charge in [-0.25, -0.2) is 0 Å². The normalized spacial score (nSPS) is 19.8. The van der Waals surface area contributed by atoms with Crippen LogP contribution in [0.15, 0.2) is 18.3 Å². The molecule has 1 fully saturated rings. The summed E-state index contributed by atoms with van der Waals surface area (Å²) < 4.78 is 37.1. The Labute approximate surface area is 108 Å². The van der Waals surface area contributed by atoms with E-state index in [-0.39, 0.29) is 17.5 Å². The summed E-state index contributed by atoms with van der Waals surface area (Å²) in [5, 5.41) is 3.07. The molecule has 2 rings (SSSR count). The molecule has 19 heavy (non-hydrogen) atoms. The summed E-state index contributed by atoms with van der Waals surface area (Å²) in [6.45, 7) is 1.17. The largest absolute Gasteiger partial charge is 0.433 e. The standard InChI is InChI=1S/C12H14F3N3O/c1-16-9-4-5-18(7-9)11(19)8-2-3-10(17-6-8)12(13,14)15/h2-3,6,9,16H,4-5,7H2,1H3. The van der Waals surface area contributed by atoms with Crippen molar-refractivity contribution in [1.82, 2.24) is 15.2 Å². The first kappa shape index (κ1) is 13.8. The average molecular weight is 273 g/mol. The maximum atomic E-state index is 12.4. The van der Waals surface area contributed by atoms with Crippen LogP contribution in [-0.4, -0.2) is 42.0 Å². The highest BCUT2D eigenvalue weighted by Crippen LogP contribution is 2.27. The van der Waals surface area contributed by atoms with Crippen LogP contribution in [-0.2, 0) is 6.18 Å². The molecular weight excluding hydrogens is 259 g/mol. The van der Waals surface area contributed by atoms with Crippen LogP contribution in [0, 0.1) is 0 Å².